The molecular formula is C20H28ClN5O. The average Bonchev–Trinajstić information content (AvgIpc) is 2.89. The number of nitrogens with one attached hydrogen (secondary N) is 1. The standard InChI is InChI=1S/C20H28ClN5O/c1-14(2)11-18(22-15(3)27)20-24-23-19-7-8-25(9-10-26(19)20)13-16-5-4-6-17(21)12-16/h4-6,12,14,18H,7-11,13H2,1-3H3,(H,22,27)/t18-/m0/s1. The molecule has 1 N–H and O–H groups in total. The number of rotatable bonds is 6. The Morgan fingerprint density at radius 1 is 1.26 bits per heavy atom. The summed E-state index contributed by atoms with van der Waals surface area (Å²) in [6, 6.07) is 7.93. The molecule has 7 heteroatoms. The molecule has 0 aliphatic carbocycles. The lowest BCUT2D eigenvalue weighted by atomic mass is 10.0. The number of aromatic nitrogens is 3. The highest BCUT2D eigenvalue weighted by Gasteiger charge is 2.25. The molecule has 6 nitrogen and oxygen atoms in total. The monoisotopic (exact) mass is 389 g/mol. The van der Waals surface area contributed by atoms with E-state index < -0.39 is 0 Å². The van der Waals surface area contributed by atoms with Gasteiger partial charge in [0.1, 0.15) is 5.82 Å². The van der Waals surface area contributed by atoms with E-state index in [1.54, 1.807) is 6.92 Å². The first kappa shape index (κ1) is 19.8. The predicted molar refractivity (Wildman–Crippen MR) is 106 cm³/mol. The van der Waals surface area contributed by atoms with Crippen LogP contribution in [0.5, 0.6) is 0 Å². The number of carbonyl (C=O) groups excluding carboxylic acids is 1. The molecule has 1 amide bonds. The molecule has 146 valence electrons. The Morgan fingerprint density at radius 3 is 2.78 bits per heavy atom. The third-order valence-corrected chi connectivity index (χ3v) is 5.07. The minimum atomic E-state index is -0.0942. The van der Waals surface area contributed by atoms with Gasteiger partial charge in [-0.2, -0.15) is 0 Å². The first-order valence-corrected chi connectivity index (χ1v) is 9.96. The summed E-state index contributed by atoms with van der Waals surface area (Å²) >= 11 is 6.11. The van der Waals surface area contributed by atoms with Crippen LogP contribution in [-0.4, -0.2) is 38.7 Å². The lowest BCUT2D eigenvalue weighted by Crippen LogP contribution is -2.31. The molecule has 2 heterocycles. The smallest absolute Gasteiger partial charge is 0.217 e. The van der Waals surface area contributed by atoms with Crippen molar-refractivity contribution >= 4 is 17.5 Å². The number of nitrogens with zero attached hydrogens (tertiary/aromatic N) is 4. The molecule has 3 rings (SSSR count). The van der Waals surface area contributed by atoms with Gasteiger partial charge in [-0.1, -0.05) is 37.6 Å². The minimum Gasteiger partial charge on any atom is -0.346 e. The molecule has 0 bridgehead atoms. The number of hydrogen-bond donors (Lipinski definition) is 1. The first-order valence-electron chi connectivity index (χ1n) is 9.58. The average molecular weight is 390 g/mol. The van der Waals surface area contributed by atoms with Gasteiger partial charge >= 0.3 is 0 Å². The molecule has 0 unspecified atom stereocenters. The molecule has 1 atom stereocenters. The van der Waals surface area contributed by atoms with E-state index in [-0.39, 0.29) is 11.9 Å². The van der Waals surface area contributed by atoms with Crippen LogP contribution in [0.2, 0.25) is 5.02 Å². The molecule has 27 heavy (non-hydrogen) atoms. The maximum Gasteiger partial charge on any atom is 0.217 e. The van der Waals surface area contributed by atoms with Crippen LogP contribution >= 0.6 is 11.6 Å². The zero-order valence-corrected chi connectivity index (χ0v) is 17.0. The van der Waals surface area contributed by atoms with Gasteiger partial charge in [0.05, 0.1) is 6.04 Å². The predicted octanol–water partition coefficient (Wildman–Crippen LogP) is 3.21. The quantitative estimate of drug-likeness (QED) is 0.823. The summed E-state index contributed by atoms with van der Waals surface area (Å²) in [7, 11) is 0. The Kier molecular flexibility index (Phi) is 6.50. The van der Waals surface area contributed by atoms with Gasteiger partial charge in [-0.05, 0) is 30.0 Å². The molecule has 0 fully saturated rings. The summed E-state index contributed by atoms with van der Waals surface area (Å²) in [6.45, 7) is 9.41. The zero-order valence-electron chi connectivity index (χ0n) is 16.3. The van der Waals surface area contributed by atoms with Crippen molar-refractivity contribution in [2.75, 3.05) is 13.1 Å². The summed E-state index contributed by atoms with van der Waals surface area (Å²) in [5, 5.41) is 12.7. The van der Waals surface area contributed by atoms with Crippen LogP contribution in [0.3, 0.4) is 0 Å². The third-order valence-electron chi connectivity index (χ3n) is 4.84. The Bertz CT molecular complexity index is 788. The van der Waals surface area contributed by atoms with E-state index in [1.807, 2.05) is 18.2 Å². The highest BCUT2D eigenvalue weighted by atomic mass is 35.5. The fraction of sp³-hybridized carbons (Fsp3) is 0.550. The van der Waals surface area contributed by atoms with E-state index in [4.69, 9.17) is 11.6 Å². The Morgan fingerprint density at radius 2 is 2.07 bits per heavy atom. The third kappa shape index (κ3) is 5.30. The maximum atomic E-state index is 11.7. The largest absolute Gasteiger partial charge is 0.346 e. The van der Waals surface area contributed by atoms with Gasteiger partial charge in [-0.25, -0.2) is 0 Å². The highest BCUT2D eigenvalue weighted by Crippen LogP contribution is 2.23. The van der Waals surface area contributed by atoms with E-state index in [2.05, 4.69) is 44.9 Å². The first-order chi connectivity index (χ1) is 12.9. The van der Waals surface area contributed by atoms with E-state index in [1.165, 1.54) is 5.56 Å². The van der Waals surface area contributed by atoms with E-state index in [9.17, 15) is 4.79 Å². The summed E-state index contributed by atoms with van der Waals surface area (Å²) in [5.41, 5.74) is 1.22. The van der Waals surface area contributed by atoms with Crippen LogP contribution < -0.4 is 5.32 Å². The summed E-state index contributed by atoms with van der Waals surface area (Å²) in [4.78, 5) is 14.1. The molecule has 0 radical (unpaired) electrons. The van der Waals surface area contributed by atoms with Crippen molar-refractivity contribution in [2.45, 2.75) is 52.7 Å². The van der Waals surface area contributed by atoms with E-state index in [0.29, 0.717) is 5.92 Å². The molecule has 1 aromatic carbocycles. The SMILES string of the molecule is CC(=O)N[C@@H](CC(C)C)c1nnc2n1CCN(Cc1cccc(Cl)c1)CC2. The second-order valence-electron chi connectivity index (χ2n) is 7.66. The molecular weight excluding hydrogens is 362 g/mol. The van der Waals surface area contributed by atoms with E-state index >= 15 is 0 Å². The van der Waals surface area contributed by atoms with Crippen LogP contribution in [0.15, 0.2) is 24.3 Å². The number of fused-ring (bicyclic) bond motifs is 1. The van der Waals surface area contributed by atoms with Gasteiger partial charge in [-0.3, -0.25) is 9.69 Å². The van der Waals surface area contributed by atoms with Gasteiger partial charge in [-0.15, -0.1) is 10.2 Å². The molecule has 0 saturated heterocycles. The Hall–Kier alpha value is -1.92. The topological polar surface area (TPSA) is 63.1 Å². The molecule has 1 aliphatic rings. The van der Waals surface area contributed by atoms with Crippen molar-refractivity contribution in [3.05, 3.63) is 46.5 Å². The lowest BCUT2D eigenvalue weighted by Gasteiger charge is -2.22. The molecule has 1 aliphatic heterocycles. The van der Waals surface area contributed by atoms with Gasteiger partial charge in [0.25, 0.3) is 0 Å². The molecule has 1 aromatic heterocycles. The minimum absolute atomic E-state index is 0.0331. The number of amides is 1. The van der Waals surface area contributed by atoms with Crippen LogP contribution in [-0.2, 0) is 24.3 Å². The highest BCUT2D eigenvalue weighted by molar-refractivity contribution is 6.30. The summed E-state index contributed by atoms with van der Waals surface area (Å²) in [5.74, 6) is 2.30. The fourth-order valence-electron chi connectivity index (χ4n) is 3.64. The van der Waals surface area contributed by atoms with Crippen LogP contribution in [0, 0.1) is 5.92 Å². The van der Waals surface area contributed by atoms with E-state index in [0.717, 1.165) is 55.7 Å². The Labute approximate surface area is 165 Å². The van der Waals surface area contributed by atoms with Gasteiger partial charge in [0, 0.05) is 44.5 Å². The normalized spacial score (nSPS) is 16.0. The van der Waals surface area contributed by atoms with Crippen molar-refractivity contribution in [2.24, 2.45) is 5.92 Å². The van der Waals surface area contributed by atoms with Crippen molar-refractivity contribution < 1.29 is 4.79 Å². The maximum absolute atomic E-state index is 11.7. The van der Waals surface area contributed by atoms with Crippen molar-refractivity contribution in [3.63, 3.8) is 0 Å². The Balaban J connectivity index is 1.73. The summed E-state index contributed by atoms with van der Waals surface area (Å²) in [6.07, 6.45) is 1.70. The van der Waals surface area contributed by atoms with Gasteiger partial charge < -0.3 is 9.88 Å². The van der Waals surface area contributed by atoms with Crippen molar-refractivity contribution in [1.82, 2.24) is 25.0 Å². The van der Waals surface area contributed by atoms with Crippen LogP contribution in [0.25, 0.3) is 0 Å². The molecule has 0 saturated carbocycles. The van der Waals surface area contributed by atoms with Gasteiger partial charge in [0.2, 0.25) is 5.91 Å². The number of hydrogen-bond acceptors (Lipinski definition) is 4. The molecule has 2 aromatic rings. The van der Waals surface area contributed by atoms with Crippen LogP contribution in [0.4, 0.5) is 0 Å². The molecule has 0 spiro atoms. The van der Waals surface area contributed by atoms with Gasteiger partial charge in [0.15, 0.2) is 5.82 Å². The lowest BCUT2D eigenvalue weighted by molar-refractivity contribution is -0.119. The van der Waals surface area contributed by atoms with Crippen molar-refractivity contribution in [1.29, 1.82) is 0 Å². The zero-order chi connectivity index (χ0) is 19.4. The second kappa shape index (κ2) is 8.85. The number of carbonyl (C=O) groups is 1. The second-order valence-corrected chi connectivity index (χ2v) is 8.10. The van der Waals surface area contributed by atoms with Crippen LogP contribution in [0.1, 0.15) is 50.4 Å². The number of halogens is 1. The van der Waals surface area contributed by atoms with Crippen molar-refractivity contribution in [3.8, 4) is 0 Å². The fourth-order valence-corrected chi connectivity index (χ4v) is 3.86. The number of benzene rings is 1. The summed E-state index contributed by atoms with van der Waals surface area (Å²) < 4.78 is 2.20.